The molecule has 0 amide bonds. The van der Waals surface area contributed by atoms with E-state index in [1.54, 1.807) is 0 Å². The fraction of sp³-hybridized carbons (Fsp3) is 1.00. The lowest BCUT2D eigenvalue weighted by atomic mass is 11.3. The lowest BCUT2D eigenvalue weighted by molar-refractivity contribution is -0.597. The van der Waals surface area contributed by atoms with Crippen molar-refractivity contribution in [3.8, 4) is 0 Å². The number of rotatable bonds is 0. The molecule has 6 N–H and O–H groups in total. The molecule has 0 fully saturated rings. The van der Waals surface area contributed by atoms with E-state index in [0.717, 1.165) is 0 Å². The molecule has 0 aliphatic heterocycles. The summed E-state index contributed by atoms with van der Waals surface area (Å²) in [5, 5.41) is 2.00. The van der Waals surface area contributed by atoms with Gasteiger partial charge in [-0.2, -0.15) is 0 Å². The summed E-state index contributed by atoms with van der Waals surface area (Å²) in [7, 11) is 4.00. The third-order valence-corrected chi connectivity index (χ3v) is 0. The van der Waals surface area contributed by atoms with Gasteiger partial charge in [0, 0.05) is 0 Å². The van der Waals surface area contributed by atoms with Gasteiger partial charge < -0.3 is 28.7 Å². The topological polar surface area (TPSA) is 79.6 Å². The van der Waals surface area contributed by atoms with Gasteiger partial charge in [-0.25, -0.2) is 0 Å². The SMILES string of the molecule is C[NH2+]C.O.O.[Cl-]. The molecule has 44 valence electrons. The molecule has 0 spiro atoms. The predicted octanol–water partition coefficient (Wildman–Crippen LogP) is -5.84. The van der Waals surface area contributed by atoms with Crippen molar-refractivity contribution in [3.05, 3.63) is 0 Å². The highest BCUT2D eigenvalue weighted by Gasteiger charge is 1.29. The van der Waals surface area contributed by atoms with Crippen LogP contribution in [-0.4, -0.2) is 25.0 Å². The Morgan fingerprint density at radius 1 is 1.00 bits per heavy atom. The Bertz CT molecular complexity index is 11.5. The molecule has 0 aliphatic carbocycles. The highest BCUT2D eigenvalue weighted by molar-refractivity contribution is 3.35. The maximum Gasteiger partial charge on any atom is 0.0647 e. The van der Waals surface area contributed by atoms with Crippen molar-refractivity contribution in [2.24, 2.45) is 0 Å². The van der Waals surface area contributed by atoms with Crippen LogP contribution in [0.4, 0.5) is 0 Å². The normalized spacial score (nSPS) is 3.00. The van der Waals surface area contributed by atoms with Crippen LogP contribution in [-0.2, 0) is 0 Å². The van der Waals surface area contributed by atoms with Gasteiger partial charge in [0.15, 0.2) is 0 Å². The first kappa shape index (κ1) is 35.0. The highest BCUT2D eigenvalue weighted by Crippen LogP contribution is 0.586. The van der Waals surface area contributed by atoms with Gasteiger partial charge in [0.25, 0.3) is 0 Å². The summed E-state index contributed by atoms with van der Waals surface area (Å²) >= 11 is 0. The first-order chi connectivity index (χ1) is 1.41. The zero-order valence-corrected chi connectivity index (χ0v) is 4.71. The molecule has 0 saturated carbocycles. The molecule has 0 aromatic carbocycles. The van der Waals surface area contributed by atoms with Crippen molar-refractivity contribution >= 4 is 0 Å². The van der Waals surface area contributed by atoms with Crippen molar-refractivity contribution in [1.82, 2.24) is 0 Å². The summed E-state index contributed by atoms with van der Waals surface area (Å²) in [6, 6.07) is 0. The molecule has 4 heteroatoms. The lowest BCUT2D eigenvalue weighted by Crippen LogP contribution is -3.00. The Balaban J connectivity index is -0.00000000667. The maximum atomic E-state index is 2.00. The second kappa shape index (κ2) is 65.7. The summed E-state index contributed by atoms with van der Waals surface area (Å²) in [6.45, 7) is 0. The molecule has 0 rings (SSSR count). The van der Waals surface area contributed by atoms with Crippen molar-refractivity contribution in [2.45, 2.75) is 0 Å². The molecule has 0 aliphatic rings. The van der Waals surface area contributed by atoms with Gasteiger partial charge in [0.05, 0.1) is 14.1 Å². The first-order valence-electron chi connectivity index (χ1n) is 1.15. The standard InChI is InChI=1S/C2H7N.ClH.2H2O/c1-3-2;;;/h3H,1-2H3;1H;2*1H2. The molecular formula is C2H12ClNO2. The summed E-state index contributed by atoms with van der Waals surface area (Å²) < 4.78 is 0. The Hall–Kier alpha value is 0.170. The van der Waals surface area contributed by atoms with Gasteiger partial charge in [-0.1, -0.05) is 0 Å². The largest absolute Gasteiger partial charge is 1.00 e. The summed E-state index contributed by atoms with van der Waals surface area (Å²) in [5.41, 5.74) is 0. The Kier molecular flexibility index (Phi) is 383. The van der Waals surface area contributed by atoms with Crippen LogP contribution in [0, 0.1) is 0 Å². The van der Waals surface area contributed by atoms with Crippen molar-refractivity contribution < 1.29 is 28.7 Å². The second-order valence-corrected chi connectivity index (χ2v) is 0.577. The van der Waals surface area contributed by atoms with E-state index in [0.29, 0.717) is 0 Å². The van der Waals surface area contributed by atoms with Crippen molar-refractivity contribution in [1.29, 1.82) is 0 Å². The van der Waals surface area contributed by atoms with Crippen LogP contribution in [0.5, 0.6) is 0 Å². The average Bonchev–Trinajstić information content (AvgIpc) is 0.918. The monoisotopic (exact) mass is 117 g/mol. The van der Waals surface area contributed by atoms with E-state index in [9.17, 15) is 0 Å². The van der Waals surface area contributed by atoms with E-state index < -0.39 is 0 Å². The highest BCUT2D eigenvalue weighted by atomic mass is 35.5. The Morgan fingerprint density at radius 3 is 1.00 bits per heavy atom. The second-order valence-electron chi connectivity index (χ2n) is 0.577. The smallest absolute Gasteiger partial charge is 0.0647 e. The van der Waals surface area contributed by atoms with Crippen LogP contribution in [0.25, 0.3) is 0 Å². The lowest BCUT2D eigenvalue weighted by Gasteiger charge is -1.57. The zero-order valence-electron chi connectivity index (χ0n) is 3.96. The van der Waals surface area contributed by atoms with E-state index in [1.165, 1.54) is 0 Å². The maximum absolute atomic E-state index is 2.00. The van der Waals surface area contributed by atoms with Gasteiger partial charge in [0.1, 0.15) is 0 Å². The third kappa shape index (κ3) is 1450. The summed E-state index contributed by atoms with van der Waals surface area (Å²) in [6.07, 6.45) is 0. The fourth-order valence-electron chi connectivity index (χ4n) is 0. The number of halogens is 1. The Labute approximate surface area is 43.8 Å². The van der Waals surface area contributed by atoms with Crippen LogP contribution in [0.2, 0.25) is 0 Å². The van der Waals surface area contributed by atoms with E-state index in [2.05, 4.69) is 0 Å². The zero-order chi connectivity index (χ0) is 2.71. The first-order valence-corrected chi connectivity index (χ1v) is 1.15. The average molecular weight is 118 g/mol. The van der Waals surface area contributed by atoms with Gasteiger partial charge in [-0.3, -0.25) is 0 Å². The quantitative estimate of drug-likeness (QED) is 0.328. The third-order valence-electron chi connectivity index (χ3n) is 0. The molecule has 6 heavy (non-hydrogen) atoms. The molecule has 0 bridgehead atoms. The van der Waals surface area contributed by atoms with E-state index >= 15 is 0 Å². The molecule has 0 aromatic heterocycles. The summed E-state index contributed by atoms with van der Waals surface area (Å²) in [4.78, 5) is 0. The van der Waals surface area contributed by atoms with Gasteiger partial charge in [0.2, 0.25) is 0 Å². The van der Waals surface area contributed by atoms with Crippen LogP contribution in [0.1, 0.15) is 0 Å². The van der Waals surface area contributed by atoms with E-state index in [-0.39, 0.29) is 23.4 Å². The Morgan fingerprint density at radius 2 is 1.00 bits per heavy atom. The van der Waals surface area contributed by atoms with Gasteiger partial charge >= 0.3 is 0 Å². The molecule has 3 nitrogen and oxygen atoms in total. The number of hydrogen-bond donors (Lipinski definition) is 1. The fourth-order valence-corrected chi connectivity index (χ4v) is 0. The van der Waals surface area contributed by atoms with Crippen LogP contribution in [0.15, 0.2) is 0 Å². The van der Waals surface area contributed by atoms with Crippen LogP contribution >= 0.6 is 0 Å². The van der Waals surface area contributed by atoms with E-state index in [1.807, 2.05) is 19.4 Å². The minimum atomic E-state index is 0. The van der Waals surface area contributed by atoms with E-state index in [4.69, 9.17) is 0 Å². The molecular weight excluding hydrogens is 105 g/mol. The van der Waals surface area contributed by atoms with Gasteiger partial charge in [-0.05, 0) is 0 Å². The van der Waals surface area contributed by atoms with Crippen molar-refractivity contribution in [2.75, 3.05) is 14.1 Å². The van der Waals surface area contributed by atoms with Gasteiger partial charge in [-0.15, -0.1) is 0 Å². The molecule has 0 atom stereocenters. The van der Waals surface area contributed by atoms with Crippen molar-refractivity contribution in [3.63, 3.8) is 0 Å². The minimum absolute atomic E-state index is 0. The van der Waals surface area contributed by atoms with Crippen LogP contribution < -0.4 is 17.7 Å². The molecule has 0 saturated heterocycles. The minimum Gasteiger partial charge on any atom is -1.00 e. The molecule has 0 aromatic rings. The number of quaternary nitrogens is 1. The number of hydrogen-bond acceptors (Lipinski definition) is 0. The summed E-state index contributed by atoms with van der Waals surface area (Å²) in [5.74, 6) is 0. The molecule has 0 radical (unpaired) electrons. The number of nitrogens with two attached hydrogens (primary N) is 1. The predicted molar refractivity (Wildman–Crippen MR) is 21.0 cm³/mol. The molecule has 0 heterocycles. The van der Waals surface area contributed by atoms with Crippen LogP contribution in [0.3, 0.4) is 0 Å². The molecule has 0 unspecified atom stereocenters.